The van der Waals surface area contributed by atoms with Gasteiger partial charge in [-0.15, -0.1) is 0 Å². The van der Waals surface area contributed by atoms with E-state index in [1.165, 1.54) is 24.3 Å². The Morgan fingerprint density at radius 2 is 1.39 bits per heavy atom. The van der Waals surface area contributed by atoms with Gasteiger partial charge in [0.05, 0.1) is 5.56 Å². The van der Waals surface area contributed by atoms with Crippen LogP contribution in [0.5, 0.6) is 11.5 Å². The van der Waals surface area contributed by atoms with Crippen LogP contribution in [-0.2, 0) is 0 Å². The van der Waals surface area contributed by atoms with Gasteiger partial charge in [-0.25, -0.2) is 4.79 Å². The van der Waals surface area contributed by atoms with Crippen molar-refractivity contribution < 1.29 is 27.4 Å². The highest BCUT2D eigenvalue weighted by Crippen LogP contribution is 2.21. The molecule has 0 aromatic heterocycles. The number of hydrogen-bond donors (Lipinski definition) is 0. The molecule has 0 aliphatic carbocycles. The summed E-state index contributed by atoms with van der Waals surface area (Å²) in [6.07, 6.45) is -2.55. The Morgan fingerprint density at radius 3 is 1.91 bits per heavy atom. The number of rotatable bonds is 4. The first-order chi connectivity index (χ1) is 10.8. The van der Waals surface area contributed by atoms with Gasteiger partial charge in [-0.05, 0) is 61.4 Å². The molecule has 0 amide bonds. The van der Waals surface area contributed by atoms with Gasteiger partial charge in [-0.1, -0.05) is 6.07 Å². The Balaban J connectivity index is 2.10. The van der Waals surface area contributed by atoms with Crippen LogP contribution in [0.4, 0.5) is 13.2 Å². The molecule has 0 heterocycles. The van der Waals surface area contributed by atoms with Crippen LogP contribution in [-0.4, -0.2) is 5.97 Å². The Labute approximate surface area is 131 Å². The van der Waals surface area contributed by atoms with E-state index in [9.17, 15) is 18.0 Å². The third-order valence-electron chi connectivity index (χ3n) is 2.85. The second kappa shape index (κ2) is 7.00. The molecule has 0 spiro atoms. The number of hydrogen-bond acceptors (Lipinski definition) is 3. The molecular weight excluding hydrogens is 309 g/mol. The minimum atomic E-state index is -2.55. The number of ether oxygens (including phenoxy) is 2. The number of halogens is 3. The van der Waals surface area contributed by atoms with Crippen LogP contribution in [0.2, 0.25) is 0 Å². The number of benzene rings is 2. The number of esters is 1. The molecule has 0 unspecified atom stereocenters. The predicted octanol–water partition coefficient (Wildman–Crippen LogP) is 4.94. The second-order valence-electron chi connectivity index (χ2n) is 4.87. The standard InChI is InChI=1S/C17H13F3O3/c1-10-7-11(2)9-14(8-10)23-17(21)12-3-5-13(6-4-12)22-16(20)15(18)19/h3-9H,1-2H3. The summed E-state index contributed by atoms with van der Waals surface area (Å²) in [4.78, 5) is 12.0. The zero-order chi connectivity index (χ0) is 17.0. The molecule has 6 heteroatoms. The van der Waals surface area contributed by atoms with Gasteiger partial charge in [-0.3, -0.25) is 0 Å². The molecule has 23 heavy (non-hydrogen) atoms. The minimum Gasteiger partial charge on any atom is -0.428 e. The average Bonchev–Trinajstić information content (AvgIpc) is 2.46. The molecule has 2 aromatic carbocycles. The maximum Gasteiger partial charge on any atom is 0.344 e. The van der Waals surface area contributed by atoms with E-state index >= 15 is 0 Å². The zero-order valence-corrected chi connectivity index (χ0v) is 12.4. The third kappa shape index (κ3) is 4.60. The summed E-state index contributed by atoms with van der Waals surface area (Å²) in [5.41, 5.74) is 2.08. The molecule has 0 bridgehead atoms. The van der Waals surface area contributed by atoms with Crippen LogP contribution < -0.4 is 9.47 Å². The third-order valence-corrected chi connectivity index (χ3v) is 2.85. The molecule has 2 rings (SSSR count). The summed E-state index contributed by atoms with van der Waals surface area (Å²) < 4.78 is 46.0. The number of carbonyl (C=O) groups excluding carboxylic acids is 1. The first-order valence-corrected chi connectivity index (χ1v) is 6.64. The van der Waals surface area contributed by atoms with Gasteiger partial charge in [0.2, 0.25) is 0 Å². The molecule has 0 N–H and O–H groups in total. The van der Waals surface area contributed by atoms with Gasteiger partial charge in [0, 0.05) is 0 Å². The summed E-state index contributed by atoms with van der Waals surface area (Å²) in [6, 6.07) is 8.37. The Hall–Kier alpha value is -2.76. The highest BCUT2D eigenvalue weighted by Gasteiger charge is 2.11. The molecule has 0 saturated heterocycles. The lowest BCUT2D eigenvalue weighted by molar-refractivity contribution is 0.0734. The minimum absolute atomic E-state index is 0.154. The monoisotopic (exact) mass is 322 g/mol. The SMILES string of the molecule is Cc1cc(C)cc(OC(=O)c2ccc(OC(F)=C(F)F)cc2)c1. The maximum absolute atomic E-state index is 12.6. The molecular formula is C17H13F3O3. The highest BCUT2D eigenvalue weighted by molar-refractivity contribution is 5.91. The van der Waals surface area contributed by atoms with E-state index in [0.29, 0.717) is 5.75 Å². The molecule has 0 saturated carbocycles. The Bertz CT molecular complexity index is 728. The quantitative estimate of drug-likeness (QED) is 0.454. The van der Waals surface area contributed by atoms with E-state index in [-0.39, 0.29) is 11.3 Å². The largest absolute Gasteiger partial charge is 0.428 e. The van der Waals surface area contributed by atoms with Crippen molar-refractivity contribution in [3.05, 3.63) is 71.2 Å². The molecule has 0 aliphatic heterocycles. The van der Waals surface area contributed by atoms with Gasteiger partial charge >= 0.3 is 18.1 Å². The van der Waals surface area contributed by atoms with Crippen LogP contribution >= 0.6 is 0 Å². The van der Waals surface area contributed by atoms with Crippen LogP contribution in [0.15, 0.2) is 54.6 Å². The first kappa shape index (κ1) is 16.6. The summed E-state index contributed by atoms with van der Waals surface area (Å²) in [5.74, 6) is -0.367. The number of aryl methyl sites for hydroxylation is 2. The normalized spacial score (nSPS) is 10.1. The zero-order valence-electron chi connectivity index (χ0n) is 12.4. The molecule has 0 fully saturated rings. The lowest BCUT2D eigenvalue weighted by Gasteiger charge is -2.07. The van der Waals surface area contributed by atoms with Gasteiger partial charge < -0.3 is 9.47 Å². The van der Waals surface area contributed by atoms with Gasteiger partial charge in [-0.2, -0.15) is 13.2 Å². The summed E-state index contributed by atoms with van der Waals surface area (Å²) in [5, 5.41) is 0. The lowest BCUT2D eigenvalue weighted by Crippen LogP contribution is -2.08. The highest BCUT2D eigenvalue weighted by atomic mass is 19.3. The fourth-order valence-electron chi connectivity index (χ4n) is 1.96. The van der Waals surface area contributed by atoms with E-state index < -0.39 is 18.1 Å². The lowest BCUT2D eigenvalue weighted by atomic mass is 10.1. The average molecular weight is 322 g/mol. The van der Waals surface area contributed by atoms with Crippen molar-refractivity contribution >= 4 is 5.97 Å². The van der Waals surface area contributed by atoms with E-state index in [2.05, 4.69) is 4.74 Å². The van der Waals surface area contributed by atoms with Crippen molar-refractivity contribution in [2.75, 3.05) is 0 Å². The van der Waals surface area contributed by atoms with Crippen molar-refractivity contribution in [1.29, 1.82) is 0 Å². The second-order valence-corrected chi connectivity index (χ2v) is 4.87. The van der Waals surface area contributed by atoms with Crippen LogP contribution in [0.1, 0.15) is 21.5 Å². The molecule has 0 aliphatic rings. The summed E-state index contributed by atoms with van der Waals surface area (Å²) >= 11 is 0. The van der Waals surface area contributed by atoms with Gasteiger partial charge in [0.1, 0.15) is 11.5 Å². The van der Waals surface area contributed by atoms with Crippen molar-refractivity contribution in [2.24, 2.45) is 0 Å². The van der Waals surface area contributed by atoms with Crippen molar-refractivity contribution in [1.82, 2.24) is 0 Å². The van der Waals surface area contributed by atoms with E-state index in [4.69, 9.17) is 4.74 Å². The van der Waals surface area contributed by atoms with Gasteiger partial charge in [0.15, 0.2) is 0 Å². The molecule has 120 valence electrons. The van der Waals surface area contributed by atoms with Crippen molar-refractivity contribution in [3.8, 4) is 11.5 Å². The number of carbonyl (C=O) groups is 1. The molecule has 3 nitrogen and oxygen atoms in total. The van der Waals surface area contributed by atoms with Crippen molar-refractivity contribution in [3.63, 3.8) is 0 Å². The Kier molecular flexibility index (Phi) is 5.05. The molecule has 0 radical (unpaired) electrons. The first-order valence-electron chi connectivity index (χ1n) is 6.64. The summed E-state index contributed by atoms with van der Waals surface area (Å²) in [7, 11) is 0. The fraction of sp³-hybridized carbons (Fsp3) is 0.118. The van der Waals surface area contributed by atoms with E-state index in [0.717, 1.165) is 11.1 Å². The van der Waals surface area contributed by atoms with Gasteiger partial charge in [0.25, 0.3) is 0 Å². The van der Waals surface area contributed by atoms with E-state index in [1.807, 2.05) is 19.9 Å². The molecule has 2 aromatic rings. The predicted molar refractivity (Wildman–Crippen MR) is 78.3 cm³/mol. The Morgan fingerprint density at radius 1 is 0.826 bits per heavy atom. The van der Waals surface area contributed by atoms with Crippen molar-refractivity contribution in [2.45, 2.75) is 13.8 Å². The fourth-order valence-corrected chi connectivity index (χ4v) is 1.96. The van der Waals surface area contributed by atoms with Crippen LogP contribution in [0, 0.1) is 13.8 Å². The smallest absolute Gasteiger partial charge is 0.344 e. The molecule has 0 atom stereocenters. The topological polar surface area (TPSA) is 35.5 Å². The van der Waals surface area contributed by atoms with Crippen LogP contribution in [0.25, 0.3) is 0 Å². The van der Waals surface area contributed by atoms with E-state index in [1.54, 1.807) is 12.1 Å². The summed E-state index contributed by atoms with van der Waals surface area (Å²) in [6.45, 7) is 3.76. The maximum atomic E-state index is 12.6. The van der Waals surface area contributed by atoms with Crippen LogP contribution in [0.3, 0.4) is 0 Å².